The lowest BCUT2D eigenvalue weighted by Gasteiger charge is -2.28. The second-order valence-corrected chi connectivity index (χ2v) is 3.64. The van der Waals surface area contributed by atoms with Gasteiger partial charge >= 0.3 is 6.18 Å². The van der Waals surface area contributed by atoms with E-state index in [1.165, 1.54) is 6.07 Å². The number of halogens is 3. The topological polar surface area (TPSA) is 28.2 Å². The Morgan fingerprint density at radius 3 is 2.22 bits per heavy atom. The van der Waals surface area contributed by atoms with E-state index in [9.17, 15) is 13.2 Å². The molecule has 1 aromatic rings. The minimum atomic E-state index is -4.31. The Kier molecular flexibility index (Phi) is 5.40. The summed E-state index contributed by atoms with van der Waals surface area (Å²) in [6.07, 6.45) is -3.42. The summed E-state index contributed by atoms with van der Waals surface area (Å²) >= 11 is 0. The lowest BCUT2D eigenvalue weighted by Crippen LogP contribution is -2.43. The highest BCUT2D eigenvalue weighted by atomic mass is 19.4. The Hall–Kier alpha value is -1.30. The van der Waals surface area contributed by atoms with Crippen molar-refractivity contribution in [3.8, 4) is 0 Å². The highest BCUT2D eigenvalue weighted by Gasteiger charge is 2.30. The van der Waals surface area contributed by atoms with Crippen LogP contribution in [0.2, 0.25) is 0 Å². The minimum absolute atomic E-state index is 0.606. The first-order chi connectivity index (χ1) is 8.57. The molecule has 1 N–H and O–H groups in total. The number of anilines is 1. The van der Waals surface area contributed by atoms with Crippen molar-refractivity contribution in [2.24, 2.45) is 0 Å². The van der Waals surface area contributed by atoms with Gasteiger partial charge < -0.3 is 10.2 Å². The molecular weight excluding hydrogens is 243 g/mol. The molecule has 1 aliphatic heterocycles. The van der Waals surface area contributed by atoms with Gasteiger partial charge in [-0.25, -0.2) is 4.98 Å². The minimum Gasteiger partial charge on any atom is -0.354 e. The van der Waals surface area contributed by atoms with Crippen LogP contribution in [0.3, 0.4) is 0 Å². The Balaban J connectivity index is 0.000000771. The Labute approximate surface area is 105 Å². The third-order valence-electron chi connectivity index (χ3n) is 2.52. The molecule has 0 atom stereocenters. The molecule has 0 unspecified atom stereocenters. The Morgan fingerprint density at radius 2 is 1.78 bits per heavy atom. The molecule has 0 aromatic carbocycles. The molecule has 1 aliphatic rings. The van der Waals surface area contributed by atoms with Crippen LogP contribution in [-0.4, -0.2) is 31.2 Å². The summed E-state index contributed by atoms with van der Waals surface area (Å²) in [5.41, 5.74) is -0.702. The fourth-order valence-electron chi connectivity index (χ4n) is 1.63. The number of nitrogens with one attached hydrogen (secondary N) is 1. The van der Waals surface area contributed by atoms with Crippen molar-refractivity contribution in [3.63, 3.8) is 0 Å². The van der Waals surface area contributed by atoms with Gasteiger partial charge in [-0.15, -0.1) is 0 Å². The summed E-state index contributed by atoms with van der Waals surface area (Å²) in [6.45, 7) is 7.22. The summed E-state index contributed by atoms with van der Waals surface area (Å²) in [6, 6.07) is 2.50. The third-order valence-corrected chi connectivity index (χ3v) is 2.52. The Bertz CT molecular complexity index is 343. The molecule has 0 aliphatic carbocycles. The predicted molar refractivity (Wildman–Crippen MR) is 65.7 cm³/mol. The van der Waals surface area contributed by atoms with Crippen LogP contribution in [0.1, 0.15) is 19.4 Å². The summed E-state index contributed by atoms with van der Waals surface area (Å²) < 4.78 is 36.9. The number of nitrogens with zero attached hydrogens (tertiary/aromatic N) is 2. The first-order valence-corrected chi connectivity index (χ1v) is 6.06. The molecule has 1 fully saturated rings. The quantitative estimate of drug-likeness (QED) is 0.842. The predicted octanol–water partition coefficient (Wildman–Crippen LogP) is 2.54. The van der Waals surface area contributed by atoms with Gasteiger partial charge in [-0.2, -0.15) is 13.2 Å². The highest BCUT2D eigenvalue weighted by Crippen LogP contribution is 2.29. The summed E-state index contributed by atoms with van der Waals surface area (Å²) in [5.74, 6) is 0.606. The average molecular weight is 261 g/mol. The van der Waals surface area contributed by atoms with Gasteiger partial charge in [-0.3, -0.25) is 0 Å². The molecule has 0 bridgehead atoms. The largest absolute Gasteiger partial charge is 0.417 e. The maximum atomic E-state index is 12.3. The van der Waals surface area contributed by atoms with E-state index < -0.39 is 11.7 Å². The number of piperazine rings is 1. The summed E-state index contributed by atoms with van der Waals surface area (Å²) in [5, 5.41) is 3.17. The summed E-state index contributed by atoms with van der Waals surface area (Å²) in [7, 11) is 0. The lowest BCUT2D eigenvalue weighted by molar-refractivity contribution is -0.137. The van der Waals surface area contributed by atoms with Crippen LogP contribution in [-0.2, 0) is 6.18 Å². The van der Waals surface area contributed by atoms with Crippen molar-refractivity contribution in [1.29, 1.82) is 0 Å². The van der Waals surface area contributed by atoms with Gasteiger partial charge in [0, 0.05) is 32.4 Å². The second-order valence-electron chi connectivity index (χ2n) is 3.64. The number of hydrogen-bond donors (Lipinski definition) is 1. The van der Waals surface area contributed by atoms with Gasteiger partial charge in [0.05, 0.1) is 5.56 Å². The molecule has 18 heavy (non-hydrogen) atoms. The zero-order chi connectivity index (χ0) is 13.6. The number of aromatic nitrogens is 1. The van der Waals surface area contributed by atoms with Gasteiger partial charge in [-0.1, -0.05) is 13.8 Å². The van der Waals surface area contributed by atoms with Gasteiger partial charge in [0.1, 0.15) is 5.82 Å². The third kappa shape index (κ3) is 3.87. The molecule has 6 heteroatoms. The molecule has 3 nitrogen and oxygen atoms in total. The molecule has 1 saturated heterocycles. The molecule has 0 amide bonds. The standard InChI is InChI=1S/C10H12F3N3.C2H6/c11-10(12,13)8-1-2-9(15-7-8)16-5-3-14-4-6-16;1-2/h1-2,7,14H,3-6H2;1-2H3. The van der Waals surface area contributed by atoms with E-state index in [0.717, 1.165) is 38.4 Å². The molecule has 0 saturated carbocycles. The second kappa shape index (κ2) is 6.58. The van der Waals surface area contributed by atoms with E-state index in [1.54, 1.807) is 0 Å². The molecular formula is C12H18F3N3. The van der Waals surface area contributed by atoms with Crippen molar-refractivity contribution < 1.29 is 13.2 Å². The smallest absolute Gasteiger partial charge is 0.354 e. The van der Waals surface area contributed by atoms with Crippen LogP contribution >= 0.6 is 0 Å². The number of pyridine rings is 1. The normalized spacial score (nSPS) is 15.9. The molecule has 0 radical (unpaired) electrons. The Morgan fingerprint density at radius 1 is 1.17 bits per heavy atom. The van der Waals surface area contributed by atoms with Crippen LogP contribution in [0, 0.1) is 0 Å². The van der Waals surface area contributed by atoms with Crippen LogP contribution in [0.4, 0.5) is 19.0 Å². The van der Waals surface area contributed by atoms with Crippen molar-refractivity contribution in [3.05, 3.63) is 23.9 Å². The van der Waals surface area contributed by atoms with Crippen molar-refractivity contribution in [1.82, 2.24) is 10.3 Å². The monoisotopic (exact) mass is 261 g/mol. The van der Waals surface area contributed by atoms with Crippen molar-refractivity contribution >= 4 is 5.82 Å². The zero-order valence-electron chi connectivity index (χ0n) is 10.6. The maximum absolute atomic E-state index is 12.3. The van der Waals surface area contributed by atoms with Crippen LogP contribution in [0.15, 0.2) is 18.3 Å². The van der Waals surface area contributed by atoms with E-state index >= 15 is 0 Å². The molecule has 0 spiro atoms. The lowest BCUT2D eigenvalue weighted by atomic mass is 10.2. The van der Waals surface area contributed by atoms with Gasteiger partial charge in [-0.05, 0) is 12.1 Å². The maximum Gasteiger partial charge on any atom is 0.417 e. The van der Waals surface area contributed by atoms with Gasteiger partial charge in [0.25, 0.3) is 0 Å². The number of rotatable bonds is 1. The van der Waals surface area contributed by atoms with E-state index in [4.69, 9.17) is 0 Å². The summed E-state index contributed by atoms with van der Waals surface area (Å²) in [4.78, 5) is 5.82. The SMILES string of the molecule is CC.FC(F)(F)c1ccc(N2CCNCC2)nc1. The van der Waals surface area contributed by atoms with Crippen molar-refractivity contribution in [2.75, 3.05) is 31.1 Å². The van der Waals surface area contributed by atoms with Crippen LogP contribution in [0.25, 0.3) is 0 Å². The van der Waals surface area contributed by atoms with Gasteiger partial charge in [0.15, 0.2) is 0 Å². The van der Waals surface area contributed by atoms with Gasteiger partial charge in [0.2, 0.25) is 0 Å². The fraction of sp³-hybridized carbons (Fsp3) is 0.583. The fourth-order valence-corrected chi connectivity index (χ4v) is 1.63. The van der Waals surface area contributed by atoms with E-state index in [1.807, 2.05) is 18.7 Å². The molecule has 2 rings (SSSR count). The van der Waals surface area contributed by atoms with Crippen LogP contribution < -0.4 is 10.2 Å². The first kappa shape index (κ1) is 14.8. The molecule has 102 valence electrons. The average Bonchev–Trinajstić information content (AvgIpc) is 2.41. The van der Waals surface area contributed by atoms with E-state index in [-0.39, 0.29) is 0 Å². The number of alkyl halides is 3. The van der Waals surface area contributed by atoms with E-state index in [0.29, 0.717) is 5.82 Å². The van der Waals surface area contributed by atoms with E-state index in [2.05, 4.69) is 10.3 Å². The van der Waals surface area contributed by atoms with Crippen LogP contribution in [0.5, 0.6) is 0 Å². The molecule has 2 heterocycles. The first-order valence-electron chi connectivity index (χ1n) is 6.06. The number of hydrogen-bond acceptors (Lipinski definition) is 3. The zero-order valence-corrected chi connectivity index (χ0v) is 10.6. The highest BCUT2D eigenvalue weighted by molar-refractivity contribution is 5.40. The molecule has 1 aromatic heterocycles. The van der Waals surface area contributed by atoms with Crippen molar-refractivity contribution in [2.45, 2.75) is 20.0 Å².